The number of hydrogen-bond donors (Lipinski definition) is 3. The predicted molar refractivity (Wildman–Crippen MR) is 62.4 cm³/mol. The van der Waals surface area contributed by atoms with Gasteiger partial charge in [0.25, 0.3) is 0 Å². The molecule has 0 radical (unpaired) electrons. The van der Waals surface area contributed by atoms with E-state index in [9.17, 15) is 15.0 Å². The number of carbonyl (C=O) groups is 1. The Morgan fingerprint density at radius 2 is 1.94 bits per heavy atom. The summed E-state index contributed by atoms with van der Waals surface area (Å²) in [4.78, 5) is 11.1. The number of nitrogens with one attached hydrogen (secondary N) is 1. The first-order valence-corrected chi connectivity index (χ1v) is 4.96. The van der Waals surface area contributed by atoms with Gasteiger partial charge in [-0.25, -0.2) is 4.79 Å². The smallest absolute Gasteiger partial charge is 0.412 e. The summed E-state index contributed by atoms with van der Waals surface area (Å²) in [7, 11) is 1.46. The van der Waals surface area contributed by atoms with Crippen molar-refractivity contribution in [2.24, 2.45) is 0 Å². The normalized spacial score (nSPS) is 10.2. The van der Waals surface area contributed by atoms with E-state index >= 15 is 0 Å². The van der Waals surface area contributed by atoms with Gasteiger partial charge < -0.3 is 20.3 Å². The van der Waals surface area contributed by atoms with Crippen molar-refractivity contribution in [3.8, 4) is 17.2 Å². The molecule has 0 aliphatic rings. The highest BCUT2D eigenvalue weighted by Crippen LogP contribution is 2.34. The Morgan fingerprint density at radius 1 is 1.24 bits per heavy atom. The van der Waals surface area contributed by atoms with Gasteiger partial charge in [0.15, 0.2) is 11.5 Å². The fraction of sp³-hybridized carbons (Fsp3) is 0.0833. The molecule has 0 spiro atoms. The molecule has 5 nitrogen and oxygen atoms in total. The number of phenolic OH excluding ortho intramolecular Hbond substituents is 2. The van der Waals surface area contributed by atoms with Crippen LogP contribution in [0.15, 0.2) is 30.3 Å². The molecule has 0 aliphatic heterocycles. The maximum Gasteiger partial charge on any atom is 0.412 e. The second-order valence-corrected chi connectivity index (χ2v) is 3.46. The molecule has 0 saturated carbocycles. The van der Waals surface area contributed by atoms with E-state index in [1.54, 1.807) is 18.2 Å². The van der Waals surface area contributed by atoms with Crippen LogP contribution in [0.4, 0.5) is 4.79 Å². The fourth-order valence-corrected chi connectivity index (χ4v) is 1.51. The van der Waals surface area contributed by atoms with Gasteiger partial charge in [-0.1, -0.05) is 12.1 Å². The molecule has 0 bridgehead atoms. The minimum absolute atomic E-state index is 0.213. The van der Waals surface area contributed by atoms with Crippen molar-refractivity contribution >= 4 is 16.9 Å². The molecule has 1 amide bonds. The van der Waals surface area contributed by atoms with Crippen molar-refractivity contribution in [3.05, 3.63) is 30.3 Å². The van der Waals surface area contributed by atoms with Crippen molar-refractivity contribution in [1.29, 1.82) is 0 Å². The average molecular weight is 233 g/mol. The van der Waals surface area contributed by atoms with E-state index < -0.39 is 6.09 Å². The Kier molecular flexibility index (Phi) is 2.74. The van der Waals surface area contributed by atoms with Crippen LogP contribution < -0.4 is 10.1 Å². The molecule has 2 aromatic carbocycles. The number of carbonyl (C=O) groups excluding carboxylic acids is 1. The van der Waals surface area contributed by atoms with Crippen LogP contribution in [0.2, 0.25) is 0 Å². The molecule has 0 heterocycles. The lowest BCUT2D eigenvalue weighted by Gasteiger charge is -2.08. The van der Waals surface area contributed by atoms with Crippen molar-refractivity contribution in [2.75, 3.05) is 7.05 Å². The molecule has 2 aromatic rings. The molecule has 0 fully saturated rings. The van der Waals surface area contributed by atoms with Gasteiger partial charge in [-0.15, -0.1) is 0 Å². The van der Waals surface area contributed by atoms with Gasteiger partial charge in [0, 0.05) is 12.4 Å². The molecule has 0 aliphatic carbocycles. The lowest BCUT2D eigenvalue weighted by molar-refractivity contribution is 0.203. The van der Waals surface area contributed by atoms with Crippen LogP contribution in [0.5, 0.6) is 17.2 Å². The van der Waals surface area contributed by atoms with Crippen molar-refractivity contribution in [2.45, 2.75) is 0 Å². The van der Waals surface area contributed by atoms with Crippen molar-refractivity contribution in [3.63, 3.8) is 0 Å². The van der Waals surface area contributed by atoms with E-state index in [4.69, 9.17) is 4.74 Å². The van der Waals surface area contributed by atoms with Gasteiger partial charge in [-0.2, -0.15) is 0 Å². The molecule has 0 atom stereocenters. The monoisotopic (exact) mass is 233 g/mol. The molecule has 2 rings (SSSR count). The third kappa shape index (κ3) is 2.08. The van der Waals surface area contributed by atoms with Crippen molar-refractivity contribution < 1.29 is 19.7 Å². The number of phenols is 2. The quantitative estimate of drug-likeness (QED) is 0.658. The van der Waals surface area contributed by atoms with E-state index in [-0.39, 0.29) is 11.5 Å². The van der Waals surface area contributed by atoms with Gasteiger partial charge in [-0.3, -0.25) is 0 Å². The van der Waals surface area contributed by atoms with Gasteiger partial charge in [0.2, 0.25) is 0 Å². The van der Waals surface area contributed by atoms with Crippen molar-refractivity contribution in [1.82, 2.24) is 5.32 Å². The summed E-state index contributed by atoms with van der Waals surface area (Å²) < 4.78 is 5.03. The number of amides is 1. The topological polar surface area (TPSA) is 78.8 Å². The standard InChI is InChI=1S/C12H11NO4/c1-13-12(16)17-11-4-2-3-7-5-9(14)10(15)6-8(7)11/h2-6,14-15H,1H3,(H,13,16). The number of fused-ring (bicyclic) bond motifs is 1. The molecule has 0 unspecified atom stereocenters. The maximum absolute atomic E-state index is 11.1. The summed E-state index contributed by atoms with van der Waals surface area (Å²) in [6, 6.07) is 7.79. The number of hydrogen-bond acceptors (Lipinski definition) is 4. The molecule has 17 heavy (non-hydrogen) atoms. The number of rotatable bonds is 1. The van der Waals surface area contributed by atoms with E-state index in [1.807, 2.05) is 0 Å². The largest absolute Gasteiger partial charge is 0.504 e. The summed E-state index contributed by atoms with van der Waals surface area (Å²) in [6.07, 6.45) is -0.593. The molecular weight excluding hydrogens is 222 g/mol. The summed E-state index contributed by atoms with van der Waals surface area (Å²) >= 11 is 0. The van der Waals surface area contributed by atoms with Crippen LogP contribution in [0.25, 0.3) is 10.8 Å². The highest BCUT2D eigenvalue weighted by Gasteiger charge is 2.09. The third-order valence-electron chi connectivity index (χ3n) is 2.34. The summed E-state index contributed by atoms with van der Waals surface area (Å²) in [5.74, 6) is -0.155. The minimum atomic E-state index is -0.593. The lowest BCUT2D eigenvalue weighted by atomic mass is 10.1. The van der Waals surface area contributed by atoms with Crippen LogP contribution in [0, 0.1) is 0 Å². The number of aromatic hydroxyl groups is 2. The number of ether oxygens (including phenoxy) is 1. The second-order valence-electron chi connectivity index (χ2n) is 3.46. The van der Waals surface area contributed by atoms with Gasteiger partial charge >= 0.3 is 6.09 Å². The first-order valence-electron chi connectivity index (χ1n) is 4.96. The summed E-state index contributed by atoms with van der Waals surface area (Å²) in [6.45, 7) is 0. The summed E-state index contributed by atoms with van der Waals surface area (Å²) in [5.41, 5.74) is 0. The second kappa shape index (κ2) is 4.21. The Labute approximate surface area is 97.3 Å². The first kappa shape index (κ1) is 11.1. The van der Waals surface area contributed by atoms with Crippen LogP contribution in [0.1, 0.15) is 0 Å². The molecule has 5 heteroatoms. The maximum atomic E-state index is 11.1. The molecule has 88 valence electrons. The fourth-order valence-electron chi connectivity index (χ4n) is 1.51. The van der Waals surface area contributed by atoms with Crippen LogP contribution in [0.3, 0.4) is 0 Å². The van der Waals surface area contributed by atoms with Gasteiger partial charge in [0.05, 0.1) is 0 Å². The number of benzene rings is 2. The first-order chi connectivity index (χ1) is 8.11. The SMILES string of the molecule is CNC(=O)Oc1cccc2cc(O)c(O)cc12. The molecule has 3 N–H and O–H groups in total. The Hall–Kier alpha value is -2.43. The highest BCUT2D eigenvalue weighted by atomic mass is 16.6. The highest BCUT2D eigenvalue weighted by molar-refractivity contribution is 5.92. The van der Waals surface area contributed by atoms with Crippen LogP contribution in [-0.4, -0.2) is 23.4 Å². The van der Waals surface area contributed by atoms with Gasteiger partial charge in [0.1, 0.15) is 5.75 Å². The Balaban J connectivity index is 2.56. The van der Waals surface area contributed by atoms with Gasteiger partial charge in [-0.05, 0) is 23.6 Å². The Morgan fingerprint density at radius 3 is 2.65 bits per heavy atom. The van der Waals surface area contributed by atoms with E-state index in [2.05, 4.69) is 5.32 Å². The van der Waals surface area contributed by atoms with E-state index in [1.165, 1.54) is 19.2 Å². The summed E-state index contributed by atoms with van der Waals surface area (Å²) in [5, 5.41) is 22.3. The van der Waals surface area contributed by atoms with E-state index in [0.717, 1.165) is 0 Å². The lowest BCUT2D eigenvalue weighted by Crippen LogP contribution is -2.22. The zero-order valence-electron chi connectivity index (χ0n) is 9.10. The average Bonchev–Trinajstić information content (AvgIpc) is 2.31. The van der Waals surface area contributed by atoms with Crippen LogP contribution in [-0.2, 0) is 0 Å². The molecular formula is C12H11NO4. The predicted octanol–water partition coefficient (Wildman–Crippen LogP) is 1.97. The van der Waals surface area contributed by atoms with E-state index in [0.29, 0.717) is 16.5 Å². The Bertz CT molecular complexity index is 580. The minimum Gasteiger partial charge on any atom is -0.504 e. The molecule has 0 saturated heterocycles. The molecule has 0 aromatic heterocycles. The zero-order chi connectivity index (χ0) is 12.4. The third-order valence-corrected chi connectivity index (χ3v) is 2.34. The zero-order valence-corrected chi connectivity index (χ0v) is 9.10. The van der Waals surface area contributed by atoms with Crippen LogP contribution >= 0.6 is 0 Å².